The summed E-state index contributed by atoms with van der Waals surface area (Å²) in [6.45, 7) is 1.29. The van der Waals surface area contributed by atoms with E-state index in [1.807, 2.05) is 0 Å². The van der Waals surface area contributed by atoms with E-state index in [9.17, 15) is 0 Å². The Labute approximate surface area is 104 Å². The number of nitrogens with zero attached hydrogens (tertiary/aromatic N) is 3. The number of aliphatic hydroxyl groups excluding tert-OH is 1. The van der Waals surface area contributed by atoms with Gasteiger partial charge in [-0.2, -0.15) is 0 Å². The third-order valence-corrected chi connectivity index (χ3v) is 3.35. The summed E-state index contributed by atoms with van der Waals surface area (Å²) in [5.41, 5.74) is 0. The Kier molecular flexibility index (Phi) is 4.12. The first-order valence-electron chi connectivity index (χ1n) is 5.66. The average Bonchev–Trinajstić information content (AvgIpc) is 2.75. The van der Waals surface area contributed by atoms with Gasteiger partial charge >= 0.3 is 0 Å². The molecule has 0 radical (unpaired) electrons. The van der Waals surface area contributed by atoms with E-state index in [0.717, 1.165) is 29.8 Å². The number of anilines is 1. The van der Waals surface area contributed by atoms with Gasteiger partial charge in [0.2, 0.25) is 5.95 Å². The van der Waals surface area contributed by atoms with Crippen LogP contribution in [-0.2, 0) is 0 Å². The Morgan fingerprint density at radius 3 is 2.88 bits per heavy atom. The fraction of sp³-hybridized carbons (Fsp3) is 0.636. The van der Waals surface area contributed by atoms with Crippen LogP contribution in [0.1, 0.15) is 25.7 Å². The van der Waals surface area contributed by atoms with Crippen molar-refractivity contribution in [3.05, 3.63) is 16.9 Å². The molecule has 88 valence electrons. The summed E-state index contributed by atoms with van der Waals surface area (Å²) in [5.74, 6) is 0.809. The smallest absolute Gasteiger partial charge is 0.225 e. The first kappa shape index (κ1) is 11.8. The first-order chi connectivity index (χ1) is 7.81. The van der Waals surface area contributed by atoms with E-state index >= 15 is 0 Å². The Morgan fingerprint density at radius 2 is 2.19 bits per heavy atom. The predicted molar refractivity (Wildman–Crippen MR) is 66.4 cm³/mol. The molecule has 16 heavy (non-hydrogen) atoms. The van der Waals surface area contributed by atoms with Gasteiger partial charge in [-0.1, -0.05) is 0 Å². The molecule has 5 heteroatoms. The van der Waals surface area contributed by atoms with Crippen LogP contribution < -0.4 is 4.90 Å². The maximum Gasteiger partial charge on any atom is 0.225 e. The molecular weight excluding hydrogens is 270 g/mol. The molecule has 1 saturated heterocycles. The van der Waals surface area contributed by atoms with Crippen molar-refractivity contribution in [2.45, 2.75) is 31.7 Å². The normalized spacial score (nSPS) is 20.4. The molecule has 1 atom stereocenters. The maximum absolute atomic E-state index is 8.86. The molecule has 0 amide bonds. The van der Waals surface area contributed by atoms with E-state index in [1.165, 1.54) is 12.8 Å². The highest BCUT2D eigenvalue weighted by Gasteiger charge is 2.25. The van der Waals surface area contributed by atoms with Crippen molar-refractivity contribution in [3.63, 3.8) is 0 Å². The standard InChI is InChI=1S/C11H16BrN3O/c12-9-7-13-11(14-8-9)15-5-1-3-10(15)4-2-6-16/h7-8,10,16H,1-6H2. The van der Waals surface area contributed by atoms with Gasteiger partial charge < -0.3 is 10.0 Å². The SMILES string of the molecule is OCCCC1CCCN1c1ncc(Br)cn1. The van der Waals surface area contributed by atoms with Crippen molar-refractivity contribution in [1.29, 1.82) is 0 Å². The molecule has 4 nitrogen and oxygen atoms in total. The molecule has 1 aliphatic heterocycles. The number of aliphatic hydroxyl groups is 1. The van der Waals surface area contributed by atoms with Crippen molar-refractivity contribution in [3.8, 4) is 0 Å². The summed E-state index contributed by atoms with van der Waals surface area (Å²) in [7, 11) is 0. The summed E-state index contributed by atoms with van der Waals surface area (Å²) in [4.78, 5) is 10.9. The van der Waals surface area contributed by atoms with Crippen LogP contribution in [0.25, 0.3) is 0 Å². The Balaban J connectivity index is 2.04. The topological polar surface area (TPSA) is 49.2 Å². The lowest BCUT2D eigenvalue weighted by Crippen LogP contribution is -2.30. The number of halogens is 1. The van der Waals surface area contributed by atoms with Crippen molar-refractivity contribution in [1.82, 2.24) is 9.97 Å². The summed E-state index contributed by atoms with van der Waals surface area (Å²) < 4.78 is 0.905. The molecule has 1 aromatic rings. The van der Waals surface area contributed by atoms with Crippen LogP contribution in [-0.4, -0.2) is 34.3 Å². The highest BCUT2D eigenvalue weighted by atomic mass is 79.9. The maximum atomic E-state index is 8.86. The molecule has 2 heterocycles. The van der Waals surface area contributed by atoms with Crippen LogP contribution in [0.15, 0.2) is 16.9 Å². The second-order valence-electron chi connectivity index (χ2n) is 4.06. The van der Waals surface area contributed by atoms with E-state index in [4.69, 9.17) is 5.11 Å². The molecule has 1 aromatic heterocycles. The largest absolute Gasteiger partial charge is 0.396 e. The molecule has 0 aromatic carbocycles. The molecular formula is C11H16BrN3O. The molecule has 0 spiro atoms. The summed E-state index contributed by atoms with van der Waals surface area (Å²) in [5, 5.41) is 8.86. The van der Waals surface area contributed by atoms with Gasteiger partial charge in [0.25, 0.3) is 0 Å². The lowest BCUT2D eigenvalue weighted by Gasteiger charge is -2.24. The Bertz CT molecular complexity index is 331. The van der Waals surface area contributed by atoms with Crippen molar-refractivity contribution in [2.24, 2.45) is 0 Å². The van der Waals surface area contributed by atoms with Gasteiger partial charge in [-0.3, -0.25) is 0 Å². The van der Waals surface area contributed by atoms with Crippen LogP contribution >= 0.6 is 15.9 Å². The highest BCUT2D eigenvalue weighted by molar-refractivity contribution is 9.10. The summed E-state index contributed by atoms with van der Waals surface area (Å²) >= 11 is 3.33. The van der Waals surface area contributed by atoms with Gasteiger partial charge in [-0.05, 0) is 41.6 Å². The van der Waals surface area contributed by atoms with Gasteiger partial charge in [0.1, 0.15) is 0 Å². The monoisotopic (exact) mass is 285 g/mol. The minimum absolute atomic E-state index is 0.269. The molecule has 1 fully saturated rings. The zero-order valence-corrected chi connectivity index (χ0v) is 10.7. The fourth-order valence-corrected chi connectivity index (χ4v) is 2.38. The van der Waals surface area contributed by atoms with Crippen molar-refractivity contribution < 1.29 is 5.11 Å². The molecule has 0 saturated carbocycles. The second-order valence-corrected chi connectivity index (χ2v) is 4.97. The highest BCUT2D eigenvalue weighted by Crippen LogP contribution is 2.25. The van der Waals surface area contributed by atoms with Crippen molar-refractivity contribution in [2.75, 3.05) is 18.1 Å². The minimum Gasteiger partial charge on any atom is -0.396 e. The molecule has 2 rings (SSSR count). The first-order valence-corrected chi connectivity index (χ1v) is 6.45. The molecule has 1 N–H and O–H groups in total. The van der Waals surface area contributed by atoms with Gasteiger partial charge in [0, 0.05) is 31.6 Å². The third-order valence-electron chi connectivity index (χ3n) is 2.94. The lowest BCUT2D eigenvalue weighted by atomic mass is 10.1. The average molecular weight is 286 g/mol. The van der Waals surface area contributed by atoms with Gasteiger partial charge in [0.05, 0.1) is 4.47 Å². The predicted octanol–water partition coefficient (Wildman–Crippen LogP) is 1.98. The number of aromatic nitrogens is 2. The van der Waals surface area contributed by atoms with E-state index < -0.39 is 0 Å². The minimum atomic E-state index is 0.269. The van der Waals surface area contributed by atoms with Crippen LogP contribution in [0.4, 0.5) is 5.95 Å². The molecule has 0 bridgehead atoms. The van der Waals surface area contributed by atoms with Crippen molar-refractivity contribution >= 4 is 21.9 Å². The second kappa shape index (κ2) is 5.59. The molecule has 0 aliphatic carbocycles. The zero-order chi connectivity index (χ0) is 11.4. The van der Waals surface area contributed by atoms with E-state index in [-0.39, 0.29) is 6.61 Å². The summed E-state index contributed by atoms with van der Waals surface area (Å²) in [6.07, 6.45) is 7.82. The Hall–Kier alpha value is -0.680. The van der Waals surface area contributed by atoms with Gasteiger partial charge in [-0.25, -0.2) is 9.97 Å². The van der Waals surface area contributed by atoms with E-state index in [2.05, 4.69) is 30.8 Å². The number of hydrogen-bond donors (Lipinski definition) is 1. The van der Waals surface area contributed by atoms with Gasteiger partial charge in [-0.15, -0.1) is 0 Å². The summed E-state index contributed by atoms with van der Waals surface area (Å²) in [6, 6.07) is 0.494. The quantitative estimate of drug-likeness (QED) is 0.919. The van der Waals surface area contributed by atoms with Crippen LogP contribution in [0.3, 0.4) is 0 Å². The third kappa shape index (κ3) is 2.71. The Morgan fingerprint density at radius 1 is 1.44 bits per heavy atom. The van der Waals surface area contributed by atoms with E-state index in [0.29, 0.717) is 6.04 Å². The molecule has 1 aliphatic rings. The number of hydrogen-bond acceptors (Lipinski definition) is 4. The zero-order valence-electron chi connectivity index (χ0n) is 9.14. The van der Waals surface area contributed by atoms with Gasteiger partial charge in [0.15, 0.2) is 0 Å². The molecule has 1 unspecified atom stereocenters. The number of rotatable bonds is 4. The van der Waals surface area contributed by atoms with Crippen LogP contribution in [0, 0.1) is 0 Å². The lowest BCUT2D eigenvalue weighted by molar-refractivity contribution is 0.279. The van der Waals surface area contributed by atoms with E-state index in [1.54, 1.807) is 12.4 Å². The fourth-order valence-electron chi connectivity index (χ4n) is 2.18. The van der Waals surface area contributed by atoms with Crippen LogP contribution in [0.2, 0.25) is 0 Å². The van der Waals surface area contributed by atoms with Crippen LogP contribution in [0.5, 0.6) is 0 Å².